The Morgan fingerprint density at radius 2 is 2.21 bits per heavy atom. The number of amides is 1. The van der Waals surface area contributed by atoms with E-state index in [2.05, 4.69) is 15.5 Å². The van der Waals surface area contributed by atoms with Gasteiger partial charge in [-0.15, -0.1) is 11.3 Å². The van der Waals surface area contributed by atoms with E-state index < -0.39 is 0 Å². The van der Waals surface area contributed by atoms with Crippen molar-refractivity contribution >= 4 is 23.5 Å². The fourth-order valence-corrected chi connectivity index (χ4v) is 2.72. The molecule has 0 fully saturated rings. The van der Waals surface area contributed by atoms with Crippen molar-refractivity contribution in [2.45, 2.75) is 20.3 Å². The van der Waals surface area contributed by atoms with E-state index >= 15 is 0 Å². The molecule has 5 heteroatoms. The Bertz CT molecular complexity index is 590. The number of hydrogen-bond donors (Lipinski definition) is 1. The van der Waals surface area contributed by atoms with Crippen LogP contribution in [0.5, 0.6) is 0 Å². The summed E-state index contributed by atoms with van der Waals surface area (Å²) >= 11 is 1.59. The van der Waals surface area contributed by atoms with Crippen LogP contribution in [0.15, 0.2) is 35.0 Å². The molecule has 0 aromatic carbocycles. The minimum Gasteiger partial charge on any atom is -0.267 e. The number of hydrogen-bond acceptors (Lipinski definition) is 4. The zero-order valence-electron chi connectivity index (χ0n) is 10.9. The first-order chi connectivity index (χ1) is 9.22. The first-order valence-corrected chi connectivity index (χ1v) is 6.90. The van der Waals surface area contributed by atoms with Gasteiger partial charge in [-0.25, -0.2) is 5.43 Å². The highest BCUT2D eigenvalue weighted by atomic mass is 32.1. The number of rotatable bonds is 4. The van der Waals surface area contributed by atoms with Gasteiger partial charge in [0.1, 0.15) is 0 Å². The monoisotopic (exact) mass is 273 g/mol. The first-order valence-electron chi connectivity index (χ1n) is 6.02. The number of aromatic nitrogens is 1. The quantitative estimate of drug-likeness (QED) is 0.688. The van der Waals surface area contributed by atoms with E-state index in [1.54, 1.807) is 29.9 Å². The third-order valence-corrected chi connectivity index (χ3v) is 3.74. The predicted octanol–water partition coefficient (Wildman–Crippen LogP) is 2.78. The number of carbonyl (C=O) groups excluding carboxylic acids is 1. The summed E-state index contributed by atoms with van der Waals surface area (Å²) < 4.78 is 0. The van der Waals surface area contributed by atoms with Crippen LogP contribution in [0.3, 0.4) is 0 Å². The highest BCUT2D eigenvalue weighted by Crippen LogP contribution is 2.22. The van der Waals surface area contributed by atoms with Gasteiger partial charge in [-0.3, -0.25) is 9.78 Å². The van der Waals surface area contributed by atoms with Crippen molar-refractivity contribution in [3.63, 3.8) is 0 Å². The van der Waals surface area contributed by atoms with Crippen LogP contribution in [0.25, 0.3) is 0 Å². The molecule has 0 unspecified atom stereocenters. The fourth-order valence-electron chi connectivity index (χ4n) is 1.78. The van der Waals surface area contributed by atoms with Crippen LogP contribution < -0.4 is 5.43 Å². The molecule has 1 amide bonds. The third kappa shape index (κ3) is 3.26. The molecule has 0 saturated heterocycles. The molecule has 19 heavy (non-hydrogen) atoms. The van der Waals surface area contributed by atoms with Gasteiger partial charge in [0.15, 0.2) is 0 Å². The van der Waals surface area contributed by atoms with Gasteiger partial charge in [-0.1, -0.05) is 6.92 Å². The molecule has 0 bridgehead atoms. The van der Waals surface area contributed by atoms with Crippen LogP contribution in [0, 0.1) is 6.92 Å². The number of nitrogens with one attached hydrogen (secondary N) is 1. The zero-order chi connectivity index (χ0) is 13.7. The molecule has 2 rings (SSSR count). The van der Waals surface area contributed by atoms with Gasteiger partial charge >= 0.3 is 0 Å². The highest BCUT2D eigenvalue weighted by Gasteiger charge is 2.13. The normalized spacial score (nSPS) is 10.8. The van der Waals surface area contributed by atoms with Gasteiger partial charge in [0.05, 0.1) is 11.8 Å². The Morgan fingerprint density at radius 1 is 1.47 bits per heavy atom. The second-order valence-corrected chi connectivity index (χ2v) is 5.10. The van der Waals surface area contributed by atoms with E-state index in [0.717, 1.165) is 23.1 Å². The maximum atomic E-state index is 12.0. The van der Waals surface area contributed by atoms with Gasteiger partial charge in [-0.05, 0) is 36.6 Å². The summed E-state index contributed by atoms with van der Waals surface area (Å²) in [5, 5.41) is 5.84. The molecular formula is C14H15N3OS. The molecule has 0 atom stereocenters. The van der Waals surface area contributed by atoms with E-state index in [1.807, 2.05) is 31.4 Å². The smallest absolute Gasteiger partial charge is 0.267 e. The Morgan fingerprint density at radius 3 is 2.89 bits per heavy atom. The van der Waals surface area contributed by atoms with Crippen molar-refractivity contribution in [2.24, 2.45) is 5.10 Å². The lowest BCUT2D eigenvalue weighted by Gasteiger charge is -2.01. The predicted molar refractivity (Wildman–Crippen MR) is 77.7 cm³/mol. The van der Waals surface area contributed by atoms with Crippen molar-refractivity contribution < 1.29 is 4.79 Å². The van der Waals surface area contributed by atoms with Crippen molar-refractivity contribution in [3.05, 3.63) is 51.5 Å². The maximum Gasteiger partial charge on any atom is 0.272 e. The Balaban J connectivity index is 2.04. The molecule has 0 radical (unpaired) electrons. The van der Waals surface area contributed by atoms with Crippen LogP contribution >= 0.6 is 11.3 Å². The van der Waals surface area contributed by atoms with Crippen LogP contribution in [-0.4, -0.2) is 17.1 Å². The maximum absolute atomic E-state index is 12.0. The van der Waals surface area contributed by atoms with Crippen molar-refractivity contribution in [1.82, 2.24) is 10.4 Å². The van der Waals surface area contributed by atoms with Gasteiger partial charge < -0.3 is 0 Å². The van der Waals surface area contributed by atoms with Crippen molar-refractivity contribution in [1.29, 1.82) is 0 Å². The van der Waals surface area contributed by atoms with Gasteiger partial charge in [0.2, 0.25) is 0 Å². The molecule has 98 valence electrons. The van der Waals surface area contributed by atoms with Crippen LogP contribution in [0.4, 0.5) is 0 Å². The van der Waals surface area contributed by atoms with Crippen molar-refractivity contribution in [3.8, 4) is 0 Å². The van der Waals surface area contributed by atoms with Crippen LogP contribution in [0.2, 0.25) is 0 Å². The second-order valence-electron chi connectivity index (χ2n) is 4.02. The molecule has 0 aliphatic carbocycles. The lowest BCUT2D eigenvalue weighted by Crippen LogP contribution is -2.18. The average Bonchev–Trinajstić information content (AvgIpc) is 2.81. The van der Waals surface area contributed by atoms with E-state index in [1.165, 1.54) is 4.88 Å². The fraction of sp³-hybridized carbons (Fsp3) is 0.214. The van der Waals surface area contributed by atoms with Gasteiger partial charge in [0.25, 0.3) is 5.91 Å². The minimum absolute atomic E-state index is 0.161. The number of aryl methyl sites for hydroxylation is 1. The summed E-state index contributed by atoms with van der Waals surface area (Å²) in [7, 11) is 0. The number of carbonyl (C=O) groups is 1. The number of hydrazone groups is 1. The summed E-state index contributed by atoms with van der Waals surface area (Å²) in [6.45, 7) is 4.08. The largest absolute Gasteiger partial charge is 0.272 e. The van der Waals surface area contributed by atoms with E-state index in [9.17, 15) is 4.79 Å². The topological polar surface area (TPSA) is 54.4 Å². The minimum atomic E-state index is -0.161. The molecule has 2 heterocycles. The summed E-state index contributed by atoms with van der Waals surface area (Å²) in [4.78, 5) is 17.1. The average molecular weight is 273 g/mol. The van der Waals surface area contributed by atoms with Crippen LogP contribution in [-0.2, 0) is 6.42 Å². The summed E-state index contributed by atoms with van der Waals surface area (Å²) in [5.41, 5.74) is 5.27. The molecule has 4 nitrogen and oxygen atoms in total. The second kappa shape index (κ2) is 6.24. The van der Waals surface area contributed by atoms with E-state index in [0.29, 0.717) is 0 Å². The van der Waals surface area contributed by atoms with Gasteiger partial charge in [0, 0.05) is 22.7 Å². The molecule has 1 N–H and O–H groups in total. The zero-order valence-corrected chi connectivity index (χ0v) is 11.7. The Labute approximate surface area is 116 Å². The standard InChI is InChI=1S/C14H15N3OS/c1-3-12-10(2)19-9-13(12)14(18)17-16-8-11-4-6-15-7-5-11/h4-9H,3H2,1-2H3,(H,17,18). The Hall–Kier alpha value is -2.01. The summed E-state index contributed by atoms with van der Waals surface area (Å²) in [5.74, 6) is -0.161. The van der Waals surface area contributed by atoms with Gasteiger partial charge in [-0.2, -0.15) is 5.10 Å². The SMILES string of the molecule is CCc1c(C(=O)NN=Cc2ccncc2)csc1C. The molecule has 2 aromatic heterocycles. The number of nitrogens with zero attached hydrogens (tertiary/aromatic N) is 2. The molecule has 2 aromatic rings. The van der Waals surface area contributed by atoms with Crippen LogP contribution in [0.1, 0.15) is 33.3 Å². The molecule has 0 aliphatic heterocycles. The highest BCUT2D eigenvalue weighted by molar-refractivity contribution is 7.10. The molecular weight excluding hydrogens is 258 g/mol. The first kappa shape index (κ1) is 13.4. The molecule has 0 spiro atoms. The lowest BCUT2D eigenvalue weighted by molar-refractivity contribution is 0.0954. The van der Waals surface area contributed by atoms with E-state index in [4.69, 9.17) is 0 Å². The van der Waals surface area contributed by atoms with E-state index in [-0.39, 0.29) is 5.91 Å². The Kier molecular flexibility index (Phi) is 4.41. The lowest BCUT2D eigenvalue weighted by atomic mass is 10.1. The third-order valence-electron chi connectivity index (χ3n) is 2.79. The van der Waals surface area contributed by atoms with Crippen molar-refractivity contribution in [2.75, 3.05) is 0 Å². The number of thiophene rings is 1. The molecule has 0 saturated carbocycles. The summed E-state index contributed by atoms with van der Waals surface area (Å²) in [6, 6.07) is 3.64. The number of pyridine rings is 1. The molecule has 0 aliphatic rings. The summed E-state index contributed by atoms with van der Waals surface area (Å²) in [6.07, 6.45) is 5.82.